The predicted molar refractivity (Wildman–Crippen MR) is 63.1 cm³/mol. The molecular formula is C10H11ClF3N3O2. The number of ether oxygens (including phenoxy) is 1. The Labute approximate surface area is 112 Å². The molecule has 3 N–H and O–H groups in total. The topological polar surface area (TPSA) is 67.6 Å². The van der Waals surface area contributed by atoms with E-state index in [0.717, 1.165) is 18.2 Å². The van der Waals surface area contributed by atoms with Gasteiger partial charge in [0.15, 0.2) is 0 Å². The van der Waals surface area contributed by atoms with E-state index in [1.54, 1.807) is 6.92 Å². The number of halogens is 4. The Morgan fingerprint density at radius 2 is 2.16 bits per heavy atom. The lowest BCUT2D eigenvalue weighted by Gasteiger charge is -2.19. The second-order valence-corrected chi connectivity index (χ2v) is 3.78. The molecule has 1 rings (SSSR count). The molecule has 0 bridgehead atoms. The van der Waals surface area contributed by atoms with Crippen molar-refractivity contribution in [2.45, 2.75) is 13.1 Å². The first kappa shape index (κ1) is 15.4. The molecular weight excluding hydrogens is 287 g/mol. The zero-order chi connectivity index (χ0) is 14.6. The van der Waals surface area contributed by atoms with Crippen LogP contribution in [0.5, 0.6) is 0 Å². The third kappa shape index (κ3) is 4.18. The van der Waals surface area contributed by atoms with Crippen molar-refractivity contribution in [3.63, 3.8) is 0 Å². The summed E-state index contributed by atoms with van der Waals surface area (Å²) in [5, 5.41) is 0.257. The molecule has 0 radical (unpaired) electrons. The van der Waals surface area contributed by atoms with Crippen LogP contribution in [0.25, 0.3) is 0 Å². The Hall–Kier alpha value is -1.67. The number of nitrogens with one attached hydrogen (secondary N) is 1. The van der Waals surface area contributed by atoms with E-state index in [4.69, 9.17) is 17.4 Å². The number of carbonyl (C=O) groups is 1. The fraction of sp³-hybridized carbons (Fsp3) is 0.300. The van der Waals surface area contributed by atoms with E-state index in [1.807, 2.05) is 0 Å². The number of nitrogens with zero attached hydrogens (tertiary/aromatic N) is 1. The second kappa shape index (κ2) is 5.98. The molecule has 1 aromatic rings. The SMILES string of the molecule is CCOC(=O)N(N)Nc1ccc(C(F)(F)F)cc1Cl. The monoisotopic (exact) mass is 297 g/mol. The number of alkyl halides is 3. The molecule has 0 aromatic heterocycles. The van der Waals surface area contributed by atoms with Gasteiger partial charge in [-0.15, -0.1) is 0 Å². The molecule has 0 saturated heterocycles. The van der Waals surface area contributed by atoms with Crippen LogP contribution < -0.4 is 11.3 Å². The predicted octanol–water partition coefficient (Wildman–Crippen LogP) is 3.02. The summed E-state index contributed by atoms with van der Waals surface area (Å²) in [6, 6.07) is 2.60. The van der Waals surface area contributed by atoms with Gasteiger partial charge >= 0.3 is 12.3 Å². The van der Waals surface area contributed by atoms with Crippen LogP contribution in [0, 0.1) is 0 Å². The maximum Gasteiger partial charge on any atom is 0.443 e. The quantitative estimate of drug-likeness (QED) is 0.511. The Morgan fingerprint density at radius 1 is 1.53 bits per heavy atom. The fourth-order valence-electron chi connectivity index (χ4n) is 1.15. The summed E-state index contributed by atoms with van der Waals surface area (Å²) in [5.74, 6) is 5.29. The molecule has 5 nitrogen and oxygen atoms in total. The van der Waals surface area contributed by atoms with Crippen molar-refractivity contribution in [1.29, 1.82) is 0 Å². The van der Waals surface area contributed by atoms with Crippen LogP contribution in [-0.4, -0.2) is 17.8 Å². The highest BCUT2D eigenvalue weighted by Gasteiger charge is 2.31. The third-order valence-corrected chi connectivity index (χ3v) is 2.31. The highest BCUT2D eigenvalue weighted by Crippen LogP contribution is 2.33. The number of carbonyl (C=O) groups excluding carboxylic acids is 1. The average molecular weight is 298 g/mol. The van der Waals surface area contributed by atoms with Crippen LogP contribution in [0.15, 0.2) is 18.2 Å². The molecule has 0 heterocycles. The highest BCUT2D eigenvalue weighted by atomic mass is 35.5. The van der Waals surface area contributed by atoms with E-state index in [-0.39, 0.29) is 17.3 Å². The Kier molecular flexibility index (Phi) is 4.84. The molecule has 0 atom stereocenters. The van der Waals surface area contributed by atoms with Crippen LogP contribution in [0.4, 0.5) is 23.7 Å². The molecule has 0 aliphatic rings. The van der Waals surface area contributed by atoms with E-state index in [9.17, 15) is 18.0 Å². The normalized spacial score (nSPS) is 11.1. The van der Waals surface area contributed by atoms with Crippen molar-refractivity contribution in [3.05, 3.63) is 28.8 Å². The van der Waals surface area contributed by atoms with Gasteiger partial charge in [-0.1, -0.05) is 11.6 Å². The summed E-state index contributed by atoms with van der Waals surface area (Å²) in [4.78, 5) is 11.2. The molecule has 1 aromatic carbocycles. The van der Waals surface area contributed by atoms with Crippen molar-refractivity contribution in [3.8, 4) is 0 Å². The summed E-state index contributed by atoms with van der Waals surface area (Å²) in [6.45, 7) is 1.69. The molecule has 106 valence electrons. The maximum atomic E-state index is 12.4. The van der Waals surface area contributed by atoms with Gasteiger partial charge in [-0.25, -0.2) is 10.6 Å². The lowest BCUT2D eigenvalue weighted by molar-refractivity contribution is -0.137. The van der Waals surface area contributed by atoms with Gasteiger partial charge in [0.2, 0.25) is 0 Å². The van der Waals surface area contributed by atoms with E-state index >= 15 is 0 Å². The minimum atomic E-state index is -4.49. The molecule has 9 heteroatoms. The lowest BCUT2D eigenvalue weighted by Crippen LogP contribution is -2.42. The van der Waals surface area contributed by atoms with Crippen molar-refractivity contribution in [2.75, 3.05) is 12.0 Å². The number of hydrogen-bond donors (Lipinski definition) is 2. The van der Waals surface area contributed by atoms with Gasteiger partial charge in [-0.05, 0) is 25.1 Å². The Balaban J connectivity index is 2.83. The first-order chi connectivity index (χ1) is 8.75. The molecule has 0 fully saturated rings. The minimum Gasteiger partial charge on any atom is -0.448 e. The molecule has 0 spiro atoms. The van der Waals surface area contributed by atoms with Crippen molar-refractivity contribution >= 4 is 23.4 Å². The summed E-state index contributed by atoms with van der Waals surface area (Å²) in [5.41, 5.74) is 1.46. The van der Waals surface area contributed by atoms with Gasteiger partial charge in [0.05, 0.1) is 22.9 Å². The van der Waals surface area contributed by atoms with Gasteiger partial charge in [-0.2, -0.15) is 18.3 Å². The van der Waals surface area contributed by atoms with Crippen LogP contribution in [0.2, 0.25) is 5.02 Å². The average Bonchev–Trinajstić information content (AvgIpc) is 2.30. The van der Waals surface area contributed by atoms with Crippen molar-refractivity contribution < 1.29 is 22.7 Å². The number of hydrogen-bond acceptors (Lipinski definition) is 4. The zero-order valence-electron chi connectivity index (χ0n) is 9.79. The van der Waals surface area contributed by atoms with Gasteiger partial charge in [-0.3, -0.25) is 5.43 Å². The molecule has 19 heavy (non-hydrogen) atoms. The van der Waals surface area contributed by atoms with Crippen LogP contribution >= 0.6 is 11.6 Å². The van der Waals surface area contributed by atoms with Crippen LogP contribution in [0.3, 0.4) is 0 Å². The van der Waals surface area contributed by atoms with Crippen LogP contribution in [-0.2, 0) is 10.9 Å². The molecule has 0 unspecified atom stereocenters. The standard InChI is InChI=1S/C10H11ClF3N3O2/c1-2-19-9(18)17(15)16-8-4-3-6(5-7(8)11)10(12,13)14/h3-5,16H,2,15H2,1H3. The summed E-state index contributed by atoms with van der Waals surface area (Å²) in [6.07, 6.45) is -5.38. The fourth-order valence-corrected chi connectivity index (χ4v) is 1.37. The number of anilines is 1. The summed E-state index contributed by atoms with van der Waals surface area (Å²) < 4.78 is 41.8. The smallest absolute Gasteiger partial charge is 0.443 e. The number of hydrazine groups is 2. The summed E-state index contributed by atoms with van der Waals surface area (Å²) in [7, 11) is 0. The maximum absolute atomic E-state index is 12.4. The van der Waals surface area contributed by atoms with Crippen molar-refractivity contribution in [2.24, 2.45) is 5.84 Å². The molecule has 0 saturated carbocycles. The van der Waals surface area contributed by atoms with Gasteiger partial charge in [0.1, 0.15) is 0 Å². The zero-order valence-corrected chi connectivity index (χ0v) is 10.5. The van der Waals surface area contributed by atoms with E-state index in [2.05, 4.69) is 10.2 Å². The number of amides is 1. The van der Waals surface area contributed by atoms with Crippen LogP contribution in [0.1, 0.15) is 12.5 Å². The summed E-state index contributed by atoms with van der Waals surface area (Å²) >= 11 is 5.66. The molecule has 0 aliphatic heterocycles. The van der Waals surface area contributed by atoms with Gasteiger partial charge in [0, 0.05) is 0 Å². The van der Waals surface area contributed by atoms with E-state index in [1.165, 1.54) is 0 Å². The molecule has 0 aliphatic carbocycles. The van der Waals surface area contributed by atoms with E-state index in [0.29, 0.717) is 5.12 Å². The minimum absolute atomic E-state index is 0.0465. The first-order valence-corrected chi connectivity index (χ1v) is 5.48. The highest BCUT2D eigenvalue weighted by molar-refractivity contribution is 6.33. The Bertz CT molecular complexity index is 468. The Morgan fingerprint density at radius 3 is 2.63 bits per heavy atom. The molecule has 1 amide bonds. The number of rotatable bonds is 3. The third-order valence-electron chi connectivity index (χ3n) is 2.00. The van der Waals surface area contributed by atoms with Crippen molar-refractivity contribution in [1.82, 2.24) is 5.12 Å². The largest absolute Gasteiger partial charge is 0.448 e. The first-order valence-electron chi connectivity index (χ1n) is 5.10. The number of benzene rings is 1. The van der Waals surface area contributed by atoms with Gasteiger partial charge < -0.3 is 4.74 Å². The van der Waals surface area contributed by atoms with Gasteiger partial charge in [0.25, 0.3) is 0 Å². The second-order valence-electron chi connectivity index (χ2n) is 3.37. The number of nitrogens with two attached hydrogens (primary N) is 1. The lowest BCUT2D eigenvalue weighted by atomic mass is 10.2. The van der Waals surface area contributed by atoms with E-state index < -0.39 is 17.8 Å².